The quantitative estimate of drug-likeness (QED) is 0.667. The van der Waals surface area contributed by atoms with Gasteiger partial charge in [-0.1, -0.05) is 0 Å². The number of hydrogen-bond acceptors (Lipinski definition) is 3. The molecule has 2 heterocycles. The lowest BCUT2D eigenvalue weighted by molar-refractivity contribution is 1.11. The molecule has 0 aliphatic rings. The lowest BCUT2D eigenvalue weighted by Crippen LogP contribution is -1.93. The zero-order chi connectivity index (χ0) is 11.8. The molecular weight excluding hydrogens is 212 g/mol. The molecule has 0 spiro atoms. The number of rotatable bonds is 1. The molecule has 3 N–H and O–H groups in total. The standard InChI is InChI=1S/C13H12N4/c1-8-5-9(6-10-7-16-17-12(8)10)11-3-2-4-15-13(11)14/h2-7H,1H3,(H2,14,15)(H,16,17). The Morgan fingerprint density at radius 2 is 2.18 bits per heavy atom. The third kappa shape index (κ3) is 1.54. The number of nitrogen functional groups attached to an aromatic ring is 1. The summed E-state index contributed by atoms with van der Waals surface area (Å²) >= 11 is 0. The fourth-order valence-electron chi connectivity index (χ4n) is 2.05. The van der Waals surface area contributed by atoms with E-state index >= 15 is 0 Å². The van der Waals surface area contributed by atoms with Gasteiger partial charge in [-0.25, -0.2) is 4.98 Å². The van der Waals surface area contributed by atoms with Gasteiger partial charge in [-0.2, -0.15) is 5.10 Å². The number of aryl methyl sites for hydroxylation is 1. The molecule has 0 saturated heterocycles. The summed E-state index contributed by atoms with van der Waals surface area (Å²) in [6.07, 6.45) is 3.51. The molecule has 17 heavy (non-hydrogen) atoms. The molecular formula is C13H12N4. The van der Waals surface area contributed by atoms with E-state index in [1.807, 2.05) is 18.3 Å². The summed E-state index contributed by atoms with van der Waals surface area (Å²) in [6.45, 7) is 2.05. The van der Waals surface area contributed by atoms with Crippen LogP contribution in [0.5, 0.6) is 0 Å². The largest absolute Gasteiger partial charge is 0.383 e. The summed E-state index contributed by atoms with van der Waals surface area (Å²) in [7, 11) is 0. The summed E-state index contributed by atoms with van der Waals surface area (Å²) in [4.78, 5) is 4.11. The normalized spacial score (nSPS) is 10.9. The first-order valence-corrected chi connectivity index (χ1v) is 5.40. The highest BCUT2D eigenvalue weighted by molar-refractivity contribution is 5.88. The van der Waals surface area contributed by atoms with E-state index in [1.165, 1.54) is 0 Å². The van der Waals surface area contributed by atoms with E-state index in [0.29, 0.717) is 5.82 Å². The van der Waals surface area contributed by atoms with E-state index in [0.717, 1.165) is 27.6 Å². The predicted molar refractivity (Wildman–Crippen MR) is 68.5 cm³/mol. The van der Waals surface area contributed by atoms with Crippen molar-refractivity contribution in [3.8, 4) is 11.1 Å². The molecule has 2 aromatic heterocycles. The Bertz CT molecular complexity index is 685. The lowest BCUT2D eigenvalue weighted by atomic mass is 10.0. The number of aromatic nitrogens is 3. The number of benzene rings is 1. The zero-order valence-electron chi connectivity index (χ0n) is 9.44. The maximum Gasteiger partial charge on any atom is 0.131 e. The number of pyridine rings is 1. The maximum absolute atomic E-state index is 5.89. The van der Waals surface area contributed by atoms with Crippen molar-refractivity contribution in [2.75, 3.05) is 5.73 Å². The van der Waals surface area contributed by atoms with E-state index in [-0.39, 0.29) is 0 Å². The van der Waals surface area contributed by atoms with E-state index in [1.54, 1.807) is 6.20 Å². The monoisotopic (exact) mass is 224 g/mol. The van der Waals surface area contributed by atoms with Crippen LogP contribution in [0.1, 0.15) is 5.56 Å². The molecule has 0 amide bonds. The number of anilines is 1. The predicted octanol–water partition coefficient (Wildman–Crippen LogP) is 2.52. The number of fused-ring (bicyclic) bond motifs is 1. The smallest absolute Gasteiger partial charge is 0.131 e. The molecule has 0 saturated carbocycles. The summed E-state index contributed by atoms with van der Waals surface area (Å²) in [5.74, 6) is 0.551. The average molecular weight is 224 g/mol. The molecule has 1 aromatic carbocycles. The molecule has 0 radical (unpaired) electrons. The first-order chi connectivity index (χ1) is 8.25. The van der Waals surface area contributed by atoms with Gasteiger partial charge in [0, 0.05) is 17.1 Å². The van der Waals surface area contributed by atoms with Gasteiger partial charge in [0.05, 0.1) is 11.7 Å². The molecule has 4 heteroatoms. The van der Waals surface area contributed by atoms with Gasteiger partial charge in [-0.15, -0.1) is 0 Å². The van der Waals surface area contributed by atoms with Crippen molar-refractivity contribution in [3.63, 3.8) is 0 Å². The zero-order valence-corrected chi connectivity index (χ0v) is 9.44. The molecule has 0 aliphatic heterocycles. The van der Waals surface area contributed by atoms with Crippen molar-refractivity contribution < 1.29 is 0 Å². The van der Waals surface area contributed by atoms with Crippen LogP contribution in [-0.2, 0) is 0 Å². The number of H-pyrrole nitrogens is 1. The van der Waals surface area contributed by atoms with Gasteiger partial charge in [-0.05, 0) is 42.3 Å². The SMILES string of the molecule is Cc1cc(-c2cccnc2N)cc2cn[nH]c12. The van der Waals surface area contributed by atoms with Crippen molar-refractivity contribution in [2.24, 2.45) is 0 Å². The maximum atomic E-state index is 5.89. The number of aromatic amines is 1. The minimum Gasteiger partial charge on any atom is -0.383 e. The van der Waals surface area contributed by atoms with Crippen LogP contribution in [0.15, 0.2) is 36.7 Å². The third-order valence-electron chi connectivity index (χ3n) is 2.90. The Hall–Kier alpha value is -2.36. The van der Waals surface area contributed by atoms with Crippen LogP contribution in [0.25, 0.3) is 22.0 Å². The highest BCUT2D eigenvalue weighted by Gasteiger charge is 2.07. The van der Waals surface area contributed by atoms with Crippen LogP contribution >= 0.6 is 0 Å². The van der Waals surface area contributed by atoms with Gasteiger partial charge in [0.2, 0.25) is 0 Å². The number of nitrogens with two attached hydrogens (primary N) is 1. The molecule has 0 bridgehead atoms. The second-order valence-corrected chi connectivity index (χ2v) is 4.06. The first-order valence-electron chi connectivity index (χ1n) is 5.40. The Morgan fingerprint density at radius 1 is 1.29 bits per heavy atom. The second-order valence-electron chi connectivity index (χ2n) is 4.06. The molecule has 3 aromatic rings. The van der Waals surface area contributed by atoms with Gasteiger partial charge in [-0.3, -0.25) is 5.10 Å². The number of hydrogen-bond donors (Lipinski definition) is 2. The molecule has 84 valence electrons. The van der Waals surface area contributed by atoms with E-state index < -0.39 is 0 Å². The Kier molecular flexibility index (Phi) is 2.08. The van der Waals surface area contributed by atoms with Gasteiger partial charge in [0.15, 0.2) is 0 Å². The Labute approximate surface area is 98.5 Å². The third-order valence-corrected chi connectivity index (χ3v) is 2.90. The Morgan fingerprint density at radius 3 is 3.00 bits per heavy atom. The van der Waals surface area contributed by atoms with E-state index in [2.05, 4.69) is 34.2 Å². The molecule has 4 nitrogen and oxygen atoms in total. The number of nitrogens with zero attached hydrogens (tertiary/aromatic N) is 2. The minimum atomic E-state index is 0.551. The molecule has 0 unspecified atom stereocenters. The summed E-state index contributed by atoms with van der Waals surface area (Å²) < 4.78 is 0. The summed E-state index contributed by atoms with van der Waals surface area (Å²) in [5, 5.41) is 8.12. The molecule has 0 fully saturated rings. The van der Waals surface area contributed by atoms with Gasteiger partial charge < -0.3 is 5.73 Å². The van der Waals surface area contributed by atoms with Crippen LogP contribution in [0.4, 0.5) is 5.82 Å². The highest BCUT2D eigenvalue weighted by Crippen LogP contribution is 2.28. The Balaban J connectivity index is 2.28. The second kappa shape index (κ2) is 3.59. The molecule has 3 rings (SSSR count). The van der Waals surface area contributed by atoms with Gasteiger partial charge >= 0.3 is 0 Å². The summed E-state index contributed by atoms with van der Waals surface area (Å²) in [5.41, 5.74) is 10.1. The molecule has 0 atom stereocenters. The fourth-order valence-corrected chi connectivity index (χ4v) is 2.05. The minimum absolute atomic E-state index is 0.551. The molecule has 0 aliphatic carbocycles. The van der Waals surface area contributed by atoms with Crippen LogP contribution in [0.3, 0.4) is 0 Å². The van der Waals surface area contributed by atoms with Gasteiger partial charge in [0.1, 0.15) is 5.82 Å². The van der Waals surface area contributed by atoms with Crippen LogP contribution in [-0.4, -0.2) is 15.2 Å². The van der Waals surface area contributed by atoms with Crippen LogP contribution < -0.4 is 5.73 Å². The fraction of sp³-hybridized carbons (Fsp3) is 0.0769. The first kappa shape index (κ1) is 9.84. The average Bonchev–Trinajstić information content (AvgIpc) is 2.78. The highest BCUT2D eigenvalue weighted by atomic mass is 15.1. The van der Waals surface area contributed by atoms with Crippen molar-refractivity contribution >= 4 is 16.7 Å². The summed E-state index contributed by atoms with van der Waals surface area (Å²) in [6, 6.07) is 8.02. The van der Waals surface area contributed by atoms with Crippen LogP contribution in [0, 0.1) is 6.92 Å². The van der Waals surface area contributed by atoms with Crippen molar-refractivity contribution in [1.82, 2.24) is 15.2 Å². The van der Waals surface area contributed by atoms with E-state index in [4.69, 9.17) is 5.73 Å². The van der Waals surface area contributed by atoms with Crippen molar-refractivity contribution in [3.05, 3.63) is 42.2 Å². The van der Waals surface area contributed by atoms with Crippen molar-refractivity contribution in [1.29, 1.82) is 0 Å². The van der Waals surface area contributed by atoms with Gasteiger partial charge in [0.25, 0.3) is 0 Å². The van der Waals surface area contributed by atoms with Crippen LogP contribution in [0.2, 0.25) is 0 Å². The topological polar surface area (TPSA) is 67.6 Å². The van der Waals surface area contributed by atoms with E-state index in [9.17, 15) is 0 Å². The van der Waals surface area contributed by atoms with Crippen molar-refractivity contribution in [2.45, 2.75) is 6.92 Å². The number of nitrogens with one attached hydrogen (secondary N) is 1. The lowest BCUT2D eigenvalue weighted by Gasteiger charge is -2.06.